The Kier molecular flexibility index (Phi) is 7.41. The Morgan fingerprint density at radius 3 is 1.31 bits per heavy atom. The van der Waals surface area contributed by atoms with Gasteiger partial charge in [0.25, 0.3) is 0 Å². The molecule has 0 amide bonds. The van der Waals surface area contributed by atoms with Crippen LogP contribution in [-0.2, 0) is 0 Å². The summed E-state index contributed by atoms with van der Waals surface area (Å²) in [5, 5.41) is 7.01. The number of hydrogen-bond donors (Lipinski definition) is 0. The van der Waals surface area contributed by atoms with Crippen molar-refractivity contribution in [2.24, 2.45) is 0 Å². The zero-order valence-corrected chi connectivity index (χ0v) is 33.1. The Morgan fingerprint density at radius 2 is 0.815 bits per heavy atom. The van der Waals surface area contributed by atoms with Gasteiger partial charge in [0.1, 0.15) is 16.1 Å². The second-order valence-corrected chi connectivity index (χ2v) is 24.3. The first-order valence-corrected chi connectivity index (χ1v) is 24.9. The lowest BCUT2D eigenvalue weighted by Gasteiger charge is -2.41. The Labute approximate surface area is 319 Å². The fourth-order valence-corrected chi connectivity index (χ4v) is 15.0. The van der Waals surface area contributed by atoms with Gasteiger partial charge in [-0.25, -0.2) is 4.98 Å². The highest BCUT2D eigenvalue weighted by Crippen LogP contribution is 2.42. The number of aromatic nitrogens is 1. The third kappa shape index (κ3) is 4.96. The Bertz CT molecular complexity index is 2640. The van der Waals surface area contributed by atoms with Gasteiger partial charge in [0.15, 0.2) is 0 Å². The summed E-state index contributed by atoms with van der Waals surface area (Å²) in [4.78, 5) is 10.2. The normalized spacial score (nSPS) is 14.9. The number of pyridine rings is 1. The fourth-order valence-electron chi connectivity index (χ4n) is 9.03. The van der Waals surface area contributed by atoms with Crippen LogP contribution in [0.1, 0.15) is 0 Å². The molecule has 5 heteroatoms. The number of fused-ring (bicyclic) bond motifs is 5. The van der Waals surface area contributed by atoms with E-state index in [2.05, 4.69) is 212 Å². The molecular weight excluding hydrogens is 687 g/mol. The summed E-state index contributed by atoms with van der Waals surface area (Å²) in [5.41, 5.74) is 12.9. The second-order valence-electron chi connectivity index (χ2n) is 15.7. The summed E-state index contributed by atoms with van der Waals surface area (Å²) in [5.74, 6) is 0. The van der Waals surface area contributed by atoms with Crippen LogP contribution in [0.4, 0.5) is 34.1 Å². The maximum Gasteiger partial charge on any atom is 0.117 e. The quantitative estimate of drug-likeness (QED) is 0.168. The molecule has 54 heavy (non-hydrogen) atoms. The smallest absolute Gasteiger partial charge is 0.117 e. The molecule has 1 aromatic heterocycles. The van der Waals surface area contributed by atoms with E-state index in [1.165, 1.54) is 54.6 Å². The van der Waals surface area contributed by atoms with Crippen LogP contribution in [0, 0.1) is 0 Å². The van der Waals surface area contributed by atoms with Gasteiger partial charge in [-0.05, 0) is 92.5 Å². The molecule has 3 nitrogen and oxygen atoms in total. The van der Waals surface area contributed by atoms with Gasteiger partial charge in [0, 0.05) is 45.1 Å². The van der Waals surface area contributed by atoms with E-state index in [1.807, 2.05) is 0 Å². The highest BCUT2D eigenvalue weighted by Gasteiger charge is 2.39. The van der Waals surface area contributed by atoms with Gasteiger partial charge in [0.05, 0.1) is 11.2 Å². The van der Waals surface area contributed by atoms with Crippen LogP contribution in [0.25, 0.3) is 33.3 Å². The van der Waals surface area contributed by atoms with Crippen molar-refractivity contribution in [3.05, 3.63) is 176 Å². The molecule has 0 N–H and O–H groups in total. The van der Waals surface area contributed by atoms with E-state index in [9.17, 15) is 0 Å². The summed E-state index contributed by atoms with van der Waals surface area (Å²) in [6, 6.07) is 64.8. The van der Waals surface area contributed by atoms with Gasteiger partial charge in [0.2, 0.25) is 0 Å². The summed E-state index contributed by atoms with van der Waals surface area (Å²) < 4.78 is 0. The lowest BCUT2D eigenvalue weighted by atomic mass is 9.97. The van der Waals surface area contributed by atoms with Crippen LogP contribution in [0.15, 0.2) is 176 Å². The molecular formula is C49H41N3Si2. The van der Waals surface area contributed by atoms with Crippen LogP contribution in [-0.4, -0.2) is 21.1 Å². The zero-order valence-electron chi connectivity index (χ0n) is 31.1. The highest BCUT2D eigenvalue weighted by molar-refractivity contribution is 7.03. The van der Waals surface area contributed by atoms with E-state index in [-0.39, 0.29) is 0 Å². The van der Waals surface area contributed by atoms with Crippen LogP contribution in [0.5, 0.6) is 0 Å². The van der Waals surface area contributed by atoms with Crippen LogP contribution >= 0.6 is 0 Å². The second kappa shape index (κ2) is 12.3. The molecule has 2 aliphatic rings. The van der Waals surface area contributed by atoms with Gasteiger partial charge in [-0.15, -0.1) is 0 Å². The van der Waals surface area contributed by atoms with E-state index >= 15 is 0 Å². The summed E-state index contributed by atoms with van der Waals surface area (Å²) in [6.07, 6.45) is 0. The molecule has 10 rings (SSSR count). The van der Waals surface area contributed by atoms with Crippen molar-refractivity contribution in [2.75, 3.05) is 9.80 Å². The van der Waals surface area contributed by atoms with Gasteiger partial charge in [-0.3, -0.25) is 0 Å². The maximum absolute atomic E-state index is 5.34. The van der Waals surface area contributed by atoms with Gasteiger partial charge in [-0.1, -0.05) is 141 Å². The van der Waals surface area contributed by atoms with Crippen molar-refractivity contribution in [1.82, 2.24) is 4.98 Å². The Balaban J connectivity index is 1.10. The third-order valence-electron chi connectivity index (χ3n) is 11.8. The molecule has 3 heterocycles. The first kappa shape index (κ1) is 32.6. The molecule has 8 aromatic rings. The van der Waals surface area contributed by atoms with E-state index < -0.39 is 16.1 Å². The topological polar surface area (TPSA) is 19.4 Å². The van der Waals surface area contributed by atoms with Crippen molar-refractivity contribution >= 4 is 81.9 Å². The monoisotopic (exact) mass is 727 g/mol. The number of para-hydroxylation sites is 4. The number of benzene rings is 7. The SMILES string of the molecule is C[Si]1(C)c2ccccc2N(c2ccc(-c3cc(-c4ccccc4)c4cc(N5c6ccccc6[Si](C)(C)c6ccccc65)ccc4n3)cc2)c2ccccc21. The molecule has 7 aromatic carbocycles. The molecule has 0 atom stereocenters. The number of anilines is 6. The van der Waals surface area contributed by atoms with Crippen molar-refractivity contribution < 1.29 is 0 Å². The predicted molar refractivity (Wildman–Crippen MR) is 235 cm³/mol. The number of hydrogen-bond acceptors (Lipinski definition) is 3. The van der Waals surface area contributed by atoms with Gasteiger partial charge < -0.3 is 9.80 Å². The van der Waals surface area contributed by atoms with Crippen LogP contribution in [0.2, 0.25) is 26.2 Å². The maximum atomic E-state index is 5.34. The molecule has 0 aliphatic carbocycles. The standard InChI is InChI=1S/C49H41N3Si2/c1-53(2)46-22-12-8-18-42(46)51(43-19-9-13-23-47(43)53)36-28-26-35(27-29-36)41-33-38(34-16-6-5-7-17-34)39-32-37(30-31-40(39)50-41)52-44-20-10-14-24-48(44)54(3,4)49-25-15-11-21-45(49)52/h5-33H,1-4H3. The Morgan fingerprint density at radius 1 is 0.389 bits per heavy atom. The molecule has 0 unspecified atom stereocenters. The molecule has 0 fully saturated rings. The lowest BCUT2D eigenvalue weighted by molar-refractivity contribution is 1.28. The van der Waals surface area contributed by atoms with Crippen molar-refractivity contribution in [1.29, 1.82) is 0 Å². The van der Waals surface area contributed by atoms with Crippen molar-refractivity contribution in [3.8, 4) is 22.4 Å². The van der Waals surface area contributed by atoms with Crippen LogP contribution < -0.4 is 30.5 Å². The summed E-state index contributed by atoms with van der Waals surface area (Å²) in [7, 11) is -3.73. The van der Waals surface area contributed by atoms with Crippen molar-refractivity contribution in [2.45, 2.75) is 26.2 Å². The fraction of sp³-hybridized carbons (Fsp3) is 0.0816. The minimum absolute atomic E-state index is 0.968. The third-order valence-corrected chi connectivity index (χ3v) is 18.9. The largest absolute Gasteiger partial charge is 0.311 e. The molecule has 2 aliphatic heterocycles. The molecule has 0 saturated heterocycles. The van der Waals surface area contributed by atoms with Crippen LogP contribution in [0.3, 0.4) is 0 Å². The summed E-state index contributed by atoms with van der Waals surface area (Å²) >= 11 is 0. The van der Waals surface area contributed by atoms with Gasteiger partial charge >= 0.3 is 0 Å². The number of nitrogens with zero attached hydrogens (tertiary/aromatic N) is 3. The minimum atomic E-state index is -1.88. The predicted octanol–water partition coefficient (Wildman–Crippen LogP) is 10.8. The molecule has 0 bridgehead atoms. The molecule has 0 saturated carbocycles. The molecule has 0 radical (unpaired) electrons. The van der Waals surface area contributed by atoms with E-state index in [1.54, 1.807) is 0 Å². The summed E-state index contributed by atoms with van der Waals surface area (Å²) in [6.45, 7) is 9.88. The average Bonchev–Trinajstić information content (AvgIpc) is 3.21. The highest BCUT2D eigenvalue weighted by atomic mass is 28.3. The first-order valence-electron chi connectivity index (χ1n) is 18.9. The van der Waals surface area contributed by atoms with Gasteiger partial charge in [-0.2, -0.15) is 0 Å². The Hall–Kier alpha value is -6.02. The van der Waals surface area contributed by atoms with E-state index in [0.717, 1.165) is 33.5 Å². The minimum Gasteiger partial charge on any atom is -0.311 e. The molecule has 0 spiro atoms. The van der Waals surface area contributed by atoms with E-state index in [4.69, 9.17) is 4.98 Å². The first-order chi connectivity index (χ1) is 26.3. The van der Waals surface area contributed by atoms with Crippen molar-refractivity contribution in [3.63, 3.8) is 0 Å². The lowest BCUT2D eigenvalue weighted by Crippen LogP contribution is -2.58. The zero-order chi connectivity index (χ0) is 36.6. The van der Waals surface area contributed by atoms with E-state index in [0.29, 0.717) is 0 Å². The average molecular weight is 728 g/mol. The number of rotatable bonds is 4. The molecule has 260 valence electrons.